The van der Waals surface area contributed by atoms with Gasteiger partial charge in [0.2, 0.25) is 5.88 Å². The predicted molar refractivity (Wildman–Crippen MR) is 147 cm³/mol. The molecule has 1 aliphatic heterocycles. The number of aromatic nitrogens is 1. The van der Waals surface area contributed by atoms with E-state index in [1.807, 2.05) is 30.3 Å². The molecule has 1 fully saturated rings. The molecule has 3 aromatic rings. The Labute approximate surface area is 236 Å². The van der Waals surface area contributed by atoms with Crippen molar-refractivity contribution in [1.29, 1.82) is 0 Å². The molecule has 1 amide bonds. The highest BCUT2D eigenvalue weighted by atomic mass is 35.5. The van der Waals surface area contributed by atoms with Gasteiger partial charge in [-0.2, -0.15) is 13.2 Å². The SMILES string of the molecule is CN(C)[C@H]1CCN(C[C@@H](COCc2ccccc2)NC(=O)c2cccnc2Oc2ccc(C(F)(F)F)cc2Cl)C1. The van der Waals surface area contributed by atoms with Crippen molar-refractivity contribution in [2.24, 2.45) is 0 Å². The average molecular weight is 577 g/mol. The van der Waals surface area contributed by atoms with Gasteiger partial charge in [0, 0.05) is 25.3 Å². The lowest BCUT2D eigenvalue weighted by atomic mass is 10.2. The van der Waals surface area contributed by atoms with Crippen molar-refractivity contribution >= 4 is 17.5 Å². The fourth-order valence-electron chi connectivity index (χ4n) is 4.52. The van der Waals surface area contributed by atoms with E-state index >= 15 is 0 Å². The van der Waals surface area contributed by atoms with Crippen molar-refractivity contribution in [3.05, 3.63) is 88.6 Å². The molecule has 2 atom stereocenters. The van der Waals surface area contributed by atoms with E-state index in [4.69, 9.17) is 21.1 Å². The molecule has 1 aliphatic rings. The fourth-order valence-corrected chi connectivity index (χ4v) is 4.74. The Morgan fingerprint density at radius 2 is 1.95 bits per heavy atom. The number of carbonyl (C=O) groups excluding carboxylic acids is 1. The molecule has 7 nitrogen and oxygen atoms in total. The van der Waals surface area contributed by atoms with Crippen molar-refractivity contribution in [2.75, 3.05) is 40.3 Å². The molecular weight excluding hydrogens is 545 g/mol. The number of rotatable bonds is 11. The summed E-state index contributed by atoms with van der Waals surface area (Å²) in [7, 11) is 4.12. The first kappa shape index (κ1) is 29.8. The van der Waals surface area contributed by atoms with Gasteiger partial charge >= 0.3 is 6.18 Å². The third kappa shape index (κ3) is 8.17. The summed E-state index contributed by atoms with van der Waals surface area (Å²) in [6.07, 6.45) is -2.08. The molecule has 0 radical (unpaired) electrons. The highest BCUT2D eigenvalue weighted by Gasteiger charge is 2.31. The number of pyridine rings is 1. The van der Waals surface area contributed by atoms with Crippen LogP contribution in [0.15, 0.2) is 66.9 Å². The first-order valence-corrected chi connectivity index (χ1v) is 13.3. The van der Waals surface area contributed by atoms with Crippen LogP contribution in [0.5, 0.6) is 11.6 Å². The van der Waals surface area contributed by atoms with Gasteiger partial charge in [-0.25, -0.2) is 4.98 Å². The Hall–Kier alpha value is -3.18. The zero-order valence-electron chi connectivity index (χ0n) is 22.3. The van der Waals surface area contributed by atoms with Crippen LogP contribution in [0, 0.1) is 0 Å². The Bertz CT molecular complexity index is 1280. The number of hydrogen-bond acceptors (Lipinski definition) is 6. The van der Waals surface area contributed by atoms with E-state index in [9.17, 15) is 18.0 Å². The molecule has 0 bridgehead atoms. The maximum absolute atomic E-state index is 13.4. The van der Waals surface area contributed by atoms with Gasteiger partial charge in [0.1, 0.15) is 11.3 Å². The van der Waals surface area contributed by atoms with E-state index in [2.05, 4.69) is 34.2 Å². The first-order chi connectivity index (χ1) is 19.1. The van der Waals surface area contributed by atoms with E-state index in [0.29, 0.717) is 19.2 Å². The van der Waals surface area contributed by atoms with Gasteiger partial charge in [-0.05, 0) is 63.0 Å². The minimum atomic E-state index is -4.54. The van der Waals surface area contributed by atoms with Crippen molar-refractivity contribution < 1.29 is 27.4 Å². The number of halogens is 4. The quantitative estimate of drug-likeness (QED) is 0.325. The molecule has 1 saturated heterocycles. The lowest BCUT2D eigenvalue weighted by Crippen LogP contribution is -2.46. The largest absolute Gasteiger partial charge is 0.437 e. The molecule has 0 saturated carbocycles. The van der Waals surface area contributed by atoms with Gasteiger partial charge in [-0.3, -0.25) is 9.69 Å². The fraction of sp³-hybridized carbons (Fsp3) is 0.379. The van der Waals surface area contributed by atoms with E-state index < -0.39 is 17.6 Å². The molecule has 1 aromatic heterocycles. The smallest absolute Gasteiger partial charge is 0.416 e. The molecule has 2 heterocycles. The van der Waals surface area contributed by atoms with Gasteiger partial charge in [0.25, 0.3) is 5.91 Å². The number of benzene rings is 2. The van der Waals surface area contributed by atoms with Crippen LogP contribution in [-0.2, 0) is 17.5 Å². The lowest BCUT2D eigenvalue weighted by Gasteiger charge is -2.26. The van der Waals surface area contributed by atoms with Crippen molar-refractivity contribution in [3.63, 3.8) is 0 Å². The Morgan fingerprint density at radius 1 is 1.18 bits per heavy atom. The van der Waals surface area contributed by atoms with Crippen LogP contribution in [0.2, 0.25) is 5.02 Å². The molecule has 11 heteroatoms. The maximum atomic E-state index is 13.4. The molecule has 0 spiro atoms. The standard InChI is InChI=1S/C29H32ClF3N4O3/c1-36(2)23-12-14-37(17-23)16-22(19-39-18-20-7-4-3-5-8-20)35-27(38)24-9-6-13-34-28(24)40-26-11-10-21(15-25(26)30)29(31,32)33/h3-11,13,15,22-23H,12,14,16-19H2,1-2H3,(H,35,38)/t22-,23-/m0/s1. The van der Waals surface area contributed by atoms with Crippen LogP contribution in [0.3, 0.4) is 0 Å². The second-order valence-electron chi connectivity index (χ2n) is 9.94. The second kappa shape index (κ2) is 13.5. The number of nitrogens with zero attached hydrogens (tertiary/aromatic N) is 3. The van der Waals surface area contributed by atoms with Crippen LogP contribution in [0.4, 0.5) is 13.2 Å². The van der Waals surface area contributed by atoms with Crippen molar-refractivity contribution in [2.45, 2.75) is 31.3 Å². The van der Waals surface area contributed by atoms with Crippen LogP contribution in [-0.4, -0.2) is 73.1 Å². The van der Waals surface area contributed by atoms with Gasteiger partial charge < -0.3 is 19.7 Å². The van der Waals surface area contributed by atoms with E-state index in [0.717, 1.165) is 43.3 Å². The third-order valence-electron chi connectivity index (χ3n) is 6.70. The highest BCUT2D eigenvalue weighted by molar-refractivity contribution is 6.32. The Balaban J connectivity index is 1.47. The van der Waals surface area contributed by atoms with E-state index in [1.165, 1.54) is 12.3 Å². The monoisotopic (exact) mass is 576 g/mol. The highest BCUT2D eigenvalue weighted by Crippen LogP contribution is 2.36. The number of hydrogen-bond donors (Lipinski definition) is 1. The molecule has 214 valence electrons. The summed E-state index contributed by atoms with van der Waals surface area (Å²) in [4.78, 5) is 22.1. The van der Waals surface area contributed by atoms with Gasteiger partial charge in [-0.15, -0.1) is 0 Å². The second-order valence-corrected chi connectivity index (χ2v) is 10.3. The summed E-state index contributed by atoms with van der Waals surface area (Å²) in [5.74, 6) is -0.556. The van der Waals surface area contributed by atoms with Gasteiger partial charge in [0.15, 0.2) is 0 Å². The molecule has 40 heavy (non-hydrogen) atoms. The molecule has 0 aliphatic carbocycles. The van der Waals surface area contributed by atoms with Gasteiger partial charge in [-0.1, -0.05) is 41.9 Å². The number of likely N-dealkylation sites (tertiary alicyclic amines) is 1. The number of carbonyl (C=O) groups is 1. The minimum absolute atomic E-state index is 0.0445. The number of amides is 1. The van der Waals surface area contributed by atoms with E-state index in [-0.39, 0.29) is 34.9 Å². The van der Waals surface area contributed by atoms with E-state index in [1.54, 1.807) is 6.07 Å². The van der Waals surface area contributed by atoms with Crippen LogP contribution in [0.1, 0.15) is 27.9 Å². The van der Waals surface area contributed by atoms with Gasteiger partial charge in [0.05, 0.1) is 29.8 Å². The predicted octanol–water partition coefficient (Wildman–Crippen LogP) is 5.50. The summed E-state index contributed by atoms with van der Waals surface area (Å²) in [5, 5.41) is 2.79. The minimum Gasteiger partial charge on any atom is -0.437 e. The van der Waals surface area contributed by atoms with Crippen LogP contribution in [0.25, 0.3) is 0 Å². The van der Waals surface area contributed by atoms with Crippen LogP contribution < -0.4 is 10.1 Å². The van der Waals surface area contributed by atoms with Crippen molar-refractivity contribution in [3.8, 4) is 11.6 Å². The summed E-state index contributed by atoms with van der Waals surface area (Å²) < 4.78 is 50.8. The molecular formula is C29H32ClF3N4O3. The van der Waals surface area contributed by atoms with Crippen LogP contribution >= 0.6 is 11.6 Å². The molecule has 2 aromatic carbocycles. The zero-order valence-corrected chi connectivity index (χ0v) is 23.1. The summed E-state index contributed by atoms with van der Waals surface area (Å²) in [5.41, 5.74) is 0.248. The Kier molecular flexibility index (Phi) is 10.0. The zero-order chi connectivity index (χ0) is 28.7. The summed E-state index contributed by atoms with van der Waals surface area (Å²) >= 11 is 6.06. The average Bonchev–Trinajstić information content (AvgIpc) is 3.39. The number of alkyl halides is 3. The number of likely N-dealkylation sites (N-methyl/N-ethyl adjacent to an activating group) is 1. The molecule has 0 unspecified atom stereocenters. The maximum Gasteiger partial charge on any atom is 0.416 e. The summed E-state index contributed by atoms with van der Waals surface area (Å²) in [6, 6.07) is 15.7. The molecule has 4 rings (SSSR count). The van der Waals surface area contributed by atoms with Crippen molar-refractivity contribution in [1.82, 2.24) is 20.1 Å². The normalized spacial score (nSPS) is 16.7. The topological polar surface area (TPSA) is 66.9 Å². The summed E-state index contributed by atoms with van der Waals surface area (Å²) in [6.45, 7) is 3.06. The molecule has 1 N–H and O–H groups in total. The first-order valence-electron chi connectivity index (χ1n) is 12.9. The third-order valence-corrected chi connectivity index (χ3v) is 7.00. The lowest BCUT2D eigenvalue weighted by molar-refractivity contribution is -0.137. The number of nitrogens with one attached hydrogen (secondary N) is 1. The Morgan fingerprint density at radius 3 is 2.62 bits per heavy atom. The number of ether oxygens (including phenoxy) is 2.